The third kappa shape index (κ3) is 10.5. The Balaban J connectivity index is 0.00000341. The Labute approximate surface area is 204 Å². The van der Waals surface area contributed by atoms with Crippen LogP contribution in [0.3, 0.4) is 0 Å². The summed E-state index contributed by atoms with van der Waals surface area (Å²) in [5.74, 6) is 0.878. The Kier molecular flexibility index (Phi) is 13.4. The summed E-state index contributed by atoms with van der Waals surface area (Å²) in [6.45, 7) is 11.7. The number of nitrogens with zero attached hydrogens (tertiary/aromatic N) is 2. The van der Waals surface area contributed by atoms with Gasteiger partial charge in [0.1, 0.15) is 0 Å². The van der Waals surface area contributed by atoms with E-state index in [2.05, 4.69) is 46.7 Å². The Morgan fingerprint density at radius 1 is 1.10 bits per heavy atom. The van der Waals surface area contributed by atoms with Crippen LogP contribution in [0.1, 0.15) is 37.3 Å². The molecule has 0 atom stereocenters. The van der Waals surface area contributed by atoms with Gasteiger partial charge in [0.15, 0.2) is 5.96 Å². The van der Waals surface area contributed by atoms with Crippen molar-refractivity contribution in [3.05, 3.63) is 35.4 Å². The summed E-state index contributed by atoms with van der Waals surface area (Å²) < 4.78 is 16.9. The normalized spacial score (nSPS) is 18.4. The zero-order valence-electron chi connectivity index (χ0n) is 18.8. The maximum atomic E-state index is 6.05. The van der Waals surface area contributed by atoms with Gasteiger partial charge in [-0.05, 0) is 43.9 Å². The number of aliphatic imine (C=N–C) groups is 1. The van der Waals surface area contributed by atoms with E-state index < -0.39 is 0 Å². The van der Waals surface area contributed by atoms with E-state index in [0.717, 1.165) is 84.4 Å². The van der Waals surface area contributed by atoms with E-state index in [1.807, 2.05) is 0 Å². The molecule has 0 unspecified atom stereocenters. The summed E-state index contributed by atoms with van der Waals surface area (Å²) in [6.07, 6.45) is 3.41. The van der Waals surface area contributed by atoms with Gasteiger partial charge in [-0.2, -0.15) is 0 Å². The van der Waals surface area contributed by atoms with Gasteiger partial charge in [-0.3, -0.25) is 4.90 Å². The summed E-state index contributed by atoms with van der Waals surface area (Å²) in [4.78, 5) is 7.22. The highest BCUT2D eigenvalue weighted by molar-refractivity contribution is 14.0. The van der Waals surface area contributed by atoms with Crippen LogP contribution in [0.25, 0.3) is 0 Å². The van der Waals surface area contributed by atoms with Crippen LogP contribution in [0.4, 0.5) is 0 Å². The van der Waals surface area contributed by atoms with Gasteiger partial charge >= 0.3 is 0 Å². The van der Waals surface area contributed by atoms with Gasteiger partial charge < -0.3 is 24.8 Å². The lowest BCUT2D eigenvalue weighted by Crippen LogP contribution is -2.40. The second-order valence-corrected chi connectivity index (χ2v) is 7.87. The van der Waals surface area contributed by atoms with Crippen LogP contribution >= 0.6 is 24.0 Å². The minimum Gasteiger partial charge on any atom is -0.381 e. The van der Waals surface area contributed by atoms with E-state index in [-0.39, 0.29) is 24.0 Å². The first kappa shape index (κ1) is 26.3. The predicted octanol–water partition coefficient (Wildman–Crippen LogP) is 2.78. The van der Waals surface area contributed by atoms with Crippen molar-refractivity contribution < 1.29 is 14.2 Å². The van der Waals surface area contributed by atoms with E-state index >= 15 is 0 Å². The lowest BCUT2D eigenvalue weighted by Gasteiger charge is -2.26. The largest absolute Gasteiger partial charge is 0.381 e. The highest BCUT2D eigenvalue weighted by Gasteiger charge is 2.14. The van der Waals surface area contributed by atoms with E-state index in [9.17, 15) is 0 Å². The zero-order valence-corrected chi connectivity index (χ0v) is 21.1. The molecule has 0 aliphatic carbocycles. The fraction of sp³-hybridized carbons (Fsp3) is 0.696. The number of ether oxygens (including phenoxy) is 3. The molecule has 0 spiro atoms. The second kappa shape index (κ2) is 15.8. The van der Waals surface area contributed by atoms with E-state index in [0.29, 0.717) is 19.3 Å². The second-order valence-electron chi connectivity index (χ2n) is 7.87. The molecule has 2 heterocycles. The SMILES string of the molecule is CCNC(=NCc1cccc(COC2CCOCC2)c1)NCCCN1CCOCC1.I. The van der Waals surface area contributed by atoms with Crippen molar-refractivity contribution in [2.24, 2.45) is 4.99 Å². The molecule has 7 nitrogen and oxygen atoms in total. The Morgan fingerprint density at radius 3 is 2.61 bits per heavy atom. The first-order valence-corrected chi connectivity index (χ1v) is 11.4. The van der Waals surface area contributed by atoms with Crippen LogP contribution in [0.15, 0.2) is 29.3 Å². The van der Waals surface area contributed by atoms with Crippen LogP contribution in [-0.2, 0) is 27.4 Å². The minimum absolute atomic E-state index is 0. The molecule has 1 aromatic rings. The van der Waals surface area contributed by atoms with Crippen molar-refractivity contribution in [1.82, 2.24) is 15.5 Å². The molecule has 2 N–H and O–H groups in total. The van der Waals surface area contributed by atoms with Crippen LogP contribution in [0, 0.1) is 0 Å². The average Bonchev–Trinajstić information content (AvgIpc) is 2.80. The number of nitrogens with one attached hydrogen (secondary N) is 2. The molecule has 2 saturated heterocycles. The Hall–Kier alpha value is -0.940. The van der Waals surface area contributed by atoms with Gasteiger partial charge in [0.05, 0.1) is 32.5 Å². The fourth-order valence-electron chi connectivity index (χ4n) is 3.72. The topological polar surface area (TPSA) is 67.4 Å². The first-order chi connectivity index (χ1) is 14.8. The molecule has 0 bridgehead atoms. The maximum Gasteiger partial charge on any atom is 0.191 e. The smallest absolute Gasteiger partial charge is 0.191 e. The summed E-state index contributed by atoms with van der Waals surface area (Å²) in [5.41, 5.74) is 2.41. The highest BCUT2D eigenvalue weighted by Crippen LogP contribution is 2.14. The molecule has 0 aromatic heterocycles. The van der Waals surface area contributed by atoms with Crippen LogP contribution in [0.5, 0.6) is 0 Å². The number of rotatable bonds is 10. The van der Waals surface area contributed by atoms with Gasteiger partial charge in [0, 0.05) is 39.4 Å². The molecule has 2 aliphatic heterocycles. The van der Waals surface area contributed by atoms with Crippen molar-refractivity contribution in [1.29, 1.82) is 0 Å². The van der Waals surface area contributed by atoms with Crippen molar-refractivity contribution in [2.45, 2.75) is 45.4 Å². The van der Waals surface area contributed by atoms with Crippen molar-refractivity contribution >= 4 is 29.9 Å². The average molecular weight is 546 g/mol. The molecule has 3 rings (SSSR count). The third-order valence-electron chi connectivity index (χ3n) is 5.46. The van der Waals surface area contributed by atoms with Crippen molar-refractivity contribution in [3.63, 3.8) is 0 Å². The van der Waals surface area contributed by atoms with E-state index in [4.69, 9.17) is 19.2 Å². The summed E-state index contributed by atoms with van der Waals surface area (Å²) >= 11 is 0. The number of benzene rings is 1. The Bertz CT molecular complexity index is 635. The Morgan fingerprint density at radius 2 is 1.84 bits per heavy atom. The molecule has 2 fully saturated rings. The number of hydrogen-bond donors (Lipinski definition) is 2. The maximum absolute atomic E-state index is 6.05. The van der Waals surface area contributed by atoms with Gasteiger partial charge in [-0.1, -0.05) is 24.3 Å². The third-order valence-corrected chi connectivity index (χ3v) is 5.46. The first-order valence-electron chi connectivity index (χ1n) is 11.4. The van der Waals surface area contributed by atoms with Gasteiger partial charge in [-0.15, -0.1) is 24.0 Å². The fourth-order valence-corrected chi connectivity index (χ4v) is 3.72. The van der Waals surface area contributed by atoms with Crippen LogP contribution in [0.2, 0.25) is 0 Å². The lowest BCUT2D eigenvalue weighted by molar-refractivity contribution is -0.0390. The van der Waals surface area contributed by atoms with Crippen LogP contribution < -0.4 is 10.6 Å². The summed E-state index contributed by atoms with van der Waals surface area (Å²) in [7, 11) is 0. The summed E-state index contributed by atoms with van der Waals surface area (Å²) in [6, 6.07) is 8.55. The molecule has 1 aromatic carbocycles. The van der Waals surface area contributed by atoms with E-state index in [1.54, 1.807) is 0 Å². The van der Waals surface area contributed by atoms with Gasteiger partial charge in [-0.25, -0.2) is 4.99 Å². The molecule has 176 valence electrons. The standard InChI is InChI=1S/C23H38N4O3.HI/c1-2-24-23(25-9-4-10-27-11-15-29-16-12-27)26-18-20-5-3-6-21(17-20)19-30-22-7-13-28-14-8-22;/h3,5-6,17,22H,2,4,7-16,18-19H2,1H3,(H2,24,25,26);1H. The molecule has 31 heavy (non-hydrogen) atoms. The van der Waals surface area contributed by atoms with Gasteiger partial charge in [0.2, 0.25) is 0 Å². The summed E-state index contributed by atoms with van der Waals surface area (Å²) in [5, 5.41) is 6.80. The molecular weight excluding hydrogens is 507 g/mol. The monoisotopic (exact) mass is 546 g/mol. The molecule has 0 amide bonds. The minimum atomic E-state index is 0. The molecule has 8 heteroatoms. The highest BCUT2D eigenvalue weighted by atomic mass is 127. The van der Waals surface area contributed by atoms with Crippen molar-refractivity contribution in [3.8, 4) is 0 Å². The van der Waals surface area contributed by atoms with E-state index in [1.165, 1.54) is 11.1 Å². The zero-order chi connectivity index (χ0) is 20.9. The molecule has 2 aliphatic rings. The number of halogens is 1. The number of morpholine rings is 1. The lowest BCUT2D eigenvalue weighted by atomic mass is 10.1. The van der Waals surface area contributed by atoms with Gasteiger partial charge in [0.25, 0.3) is 0 Å². The molecule has 0 saturated carbocycles. The van der Waals surface area contributed by atoms with Crippen molar-refractivity contribution in [2.75, 3.05) is 59.2 Å². The number of guanidine groups is 1. The molecular formula is C23H39IN4O3. The van der Waals surface area contributed by atoms with Crippen LogP contribution in [-0.4, -0.2) is 76.1 Å². The quantitative estimate of drug-likeness (QED) is 0.204. The molecule has 0 radical (unpaired) electrons. The predicted molar refractivity (Wildman–Crippen MR) is 135 cm³/mol. The number of hydrogen-bond acceptors (Lipinski definition) is 5.